The molecule has 0 aromatic rings. The molecule has 0 spiro atoms. The number of nitrogens with one attached hydrogen (secondary N) is 2. The van der Waals surface area contributed by atoms with Crippen molar-refractivity contribution in [2.45, 2.75) is 38.1 Å². The summed E-state index contributed by atoms with van der Waals surface area (Å²) in [6, 6.07) is 0. The molecule has 1 saturated carbocycles. The molecule has 1 fully saturated rings. The van der Waals surface area contributed by atoms with E-state index in [0.29, 0.717) is 12.8 Å². The minimum Gasteiger partial charge on any atom is -0.467 e. The van der Waals surface area contributed by atoms with E-state index < -0.39 is 11.6 Å². The molecule has 1 amide bonds. The van der Waals surface area contributed by atoms with Gasteiger partial charge in [0.1, 0.15) is 5.54 Å². The van der Waals surface area contributed by atoms with Crippen LogP contribution in [0.4, 0.5) is 4.79 Å². The first kappa shape index (κ1) is 14.7. The molecule has 0 aromatic heterocycles. The lowest BCUT2D eigenvalue weighted by atomic mass is 9.98. The topological polar surface area (TPSA) is 76.7 Å². The SMILES string of the molecule is CCOC(=O)NC(=S)NC1(C(=O)OC)CCCC1. The Kier molecular flexibility index (Phi) is 5.33. The summed E-state index contributed by atoms with van der Waals surface area (Å²) in [5, 5.41) is 5.32. The molecule has 0 aromatic carbocycles. The highest BCUT2D eigenvalue weighted by Gasteiger charge is 2.43. The number of methoxy groups -OCH3 is 1. The van der Waals surface area contributed by atoms with Crippen molar-refractivity contribution in [2.24, 2.45) is 0 Å². The van der Waals surface area contributed by atoms with Crippen LogP contribution in [0.1, 0.15) is 32.6 Å². The van der Waals surface area contributed by atoms with E-state index in [1.54, 1.807) is 6.92 Å². The van der Waals surface area contributed by atoms with E-state index >= 15 is 0 Å². The van der Waals surface area contributed by atoms with Gasteiger partial charge in [0.15, 0.2) is 5.11 Å². The van der Waals surface area contributed by atoms with E-state index in [1.807, 2.05) is 0 Å². The smallest absolute Gasteiger partial charge is 0.413 e. The zero-order chi connectivity index (χ0) is 13.6. The lowest BCUT2D eigenvalue weighted by Crippen LogP contribution is -2.56. The van der Waals surface area contributed by atoms with Gasteiger partial charge in [-0.3, -0.25) is 5.32 Å². The summed E-state index contributed by atoms with van der Waals surface area (Å²) in [4.78, 5) is 23.0. The fourth-order valence-electron chi connectivity index (χ4n) is 2.06. The van der Waals surface area contributed by atoms with Crippen LogP contribution in [-0.2, 0) is 14.3 Å². The van der Waals surface area contributed by atoms with E-state index in [4.69, 9.17) is 21.7 Å². The van der Waals surface area contributed by atoms with Crippen molar-refractivity contribution in [1.82, 2.24) is 10.6 Å². The quantitative estimate of drug-likeness (QED) is 0.592. The number of alkyl carbamates (subject to hydrolysis) is 1. The van der Waals surface area contributed by atoms with Crippen molar-refractivity contribution >= 4 is 29.4 Å². The standard InChI is InChI=1S/C11H18N2O4S/c1-3-17-10(15)12-9(18)13-11(8(14)16-2)6-4-5-7-11/h3-7H2,1-2H3,(H2,12,13,15,18). The molecular formula is C11H18N2O4S. The Morgan fingerprint density at radius 3 is 2.44 bits per heavy atom. The van der Waals surface area contributed by atoms with Crippen molar-refractivity contribution in [3.8, 4) is 0 Å². The van der Waals surface area contributed by atoms with Crippen LogP contribution in [0.25, 0.3) is 0 Å². The molecule has 1 aliphatic rings. The Morgan fingerprint density at radius 1 is 1.33 bits per heavy atom. The summed E-state index contributed by atoms with van der Waals surface area (Å²) in [5.41, 5.74) is -0.814. The molecule has 0 aliphatic heterocycles. The second-order valence-corrected chi connectivity index (χ2v) is 4.49. The third-order valence-corrected chi connectivity index (χ3v) is 3.08. The molecule has 102 valence electrons. The molecule has 7 heteroatoms. The van der Waals surface area contributed by atoms with Crippen LogP contribution in [0.15, 0.2) is 0 Å². The van der Waals surface area contributed by atoms with E-state index in [2.05, 4.69) is 10.6 Å². The van der Waals surface area contributed by atoms with Crippen molar-refractivity contribution in [2.75, 3.05) is 13.7 Å². The maximum Gasteiger partial charge on any atom is 0.413 e. The highest BCUT2D eigenvalue weighted by Crippen LogP contribution is 2.30. The number of ether oxygens (including phenoxy) is 2. The predicted molar refractivity (Wildman–Crippen MR) is 69.1 cm³/mol. The average Bonchev–Trinajstić information content (AvgIpc) is 2.77. The predicted octanol–water partition coefficient (Wildman–Crippen LogP) is 1.09. The molecule has 0 radical (unpaired) electrons. The minimum atomic E-state index is -0.814. The molecule has 0 unspecified atom stereocenters. The van der Waals surface area contributed by atoms with Gasteiger partial charge in [0.05, 0.1) is 13.7 Å². The van der Waals surface area contributed by atoms with Crippen LogP contribution in [-0.4, -0.2) is 36.4 Å². The maximum absolute atomic E-state index is 11.8. The van der Waals surface area contributed by atoms with Crippen LogP contribution < -0.4 is 10.6 Å². The van der Waals surface area contributed by atoms with E-state index in [1.165, 1.54) is 7.11 Å². The lowest BCUT2D eigenvalue weighted by molar-refractivity contribution is -0.147. The second-order valence-electron chi connectivity index (χ2n) is 4.08. The molecule has 0 heterocycles. The van der Waals surface area contributed by atoms with Gasteiger partial charge in [-0.1, -0.05) is 12.8 Å². The van der Waals surface area contributed by atoms with Gasteiger partial charge in [-0.15, -0.1) is 0 Å². The summed E-state index contributed by atoms with van der Waals surface area (Å²) in [6.07, 6.45) is 2.50. The molecule has 0 saturated heterocycles. The van der Waals surface area contributed by atoms with Gasteiger partial charge in [-0.25, -0.2) is 9.59 Å². The number of esters is 1. The van der Waals surface area contributed by atoms with Gasteiger partial charge in [0, 0.05) is 0 Å². The Bertz CT molecular complexity index is 340. The first-order chi connectivity index (χ1) is 8.54. The summed E-state index contributed by atoms with van der Waals surface area (Å²) >= 11 is 4.99. The Balaban J connectivity index is 2.59. The number of amides is 1. The highest BCUT2D eigenvalue weighted by atomic mass is 32.1. The van der Waals surface area contributed by atoms with Crippen molar-refractivity contribution in [3.63, 3.8) is 0 Å². The fraction of sp³-hybridized carbons (Fsp3) is 0.727. The number of hydrogen-bond donors (Lipinski definition) is 2. The van der Waals surface area contributed by atoms with Crippen LogP contribution in [0.3, 0.4) is 0 Å². The largest absolute Gasteiger partial charge is 0.467 e. The number of thiocarbonyl (C=S) groups is 1. The van der Waals surface area contributed by atoms with E-state index in [-0.39, 0.29) is 17.7 Å². The third kappa shape index (κ3) is 3.56. The van der Waals surface area contributed by atoms with Gasteiger partial charge >= 0.3 is 12.1 Å². The average molecular weight is 274 g/mol. The Hall–Kier alpha value is -1.37. The summed E-state index contributed by atoms with van der Waals surface area (Å²) in [7, 11) is 1.34. The van der Waals surface area contributed by atoms with Crippen LogP contribution in [0.2, 0.25) is 0 Å². The van der Waals surface area contributed by atoms with Gasteiger partial charge in [-0.2, -0.15) is 0 Å². The number of carbonyl (C=O) groups excluding carboxylic acids is 2. The summed E-state index contributed by atoms with van der Waals surface area (Å²) in [6.45, 7) is 1.96. The Morgan fingerprint density at radius 2 is 1.94 bits per heavy atom. The van der Waals surface area contributed by atoms with Crippen LogP contribution in [0, 0.1) is 0 Å². The first-order valence-corrected chi connectivity index (χ1v) is 6.29. The lowest BCUT2D eigenvalue weighted by Gasteiger charge is -2.28. The normalized spacial score (nSPS) is 16.8. The van der Waals surface area contributed by atoms with Crippen molar-refractivity contribution in [1.29, 1.82) is 0 Å². The zero-order valence-electron chi connectivity index (χ0n) is 10.6. The molecular weight excluding hydrogens is 256 g/mol. The minimum absolute atomic E-state index is 0.0840. The second kappa shape index (κ2) is 6.53. The third-order valence-electron chi connectivity index (χ3n) is 2.88. The molecule has 0 atom stereocenters. The van der Waals surface area contributed by atoms with Gasteiger partial charge < -0.3 is 14.8 Å². The van der Waals surface area contributed by atoms with Gasteiger partial charge in [-0.05, 0) is 32.0 Å². The monoisotopic (exact) mass is 274 g/mol. The Labute approximate surface area is 111 Å². The molecule has 1 aliphatic carbocycles. The number of carbonyl (C=O) groups is 2. The number of hydrogen-bond acceptors (Lipinski definition) is 5. The first-order valence-electron chi connectivity index (χ1n) is 5.88. The molecule has 0 bridgehead atoms. The fourth-order valence-corrected chi connectivity index (χ4v) is 2.34. The maximum atomic E-state index is 11.8. The highest BCUT2D eigenvalue weighted by molar-refractivity contribution is 7.80. The zero-order valence-corrected chi connectivity index (χ0v) is 11.4. The van der Waals surface area contributed by atoms with Crippen molar-refractivity contribution < 1.29 is 19.1 Å². The molecule has 1 rings (SSSR count). The van der Waals surface area contributed by atoms with E-state index in [0.717, 1.165) is 12.8 Å². The molecule has 2 N–H and O–H groups in total. The van der Waals surface area contributed by atoms with Crippen LogP contribution in [0.5, 0.6) is 0 Å². The van der Waals surface area contributed by atoms with E-state index in [9.17, 15) is 9.59 Å². The van der Waals surface area contributed by atoms with Crippen molar-refractivity contribution in [3.05, 3.63) is 0 Å². The number of rotatable bonds is 3. The summed E-state index contributed by atoms with van der Waals surface area (Å²) in [5.74, 6) is -0.354. The molecule has 18 heavy (non-hydrogen) atoms. The van der Waals surface area contributed by atoms with Gasteiger partial charge in [0.2, 0.25) is 0 Å². The van der Waals surface area contributed by atoms with Gasteiger partial charge in [0.25, 0.3) is 0 Å². The molecule has 6 nitrogen and oxygen atoms in total. The summed E-state index contributed by atoms with van der Waals surface area (Å²) < 4.78 is 9.49. The van der Waals surface area contributed by atoms with Crippen LogP contribution >= 0.6 is 12.2 Å².